The van der Waals surface area contributed by atoms with Crippen molar-refractivity contribution in [3.63, 3.8) is 0 Å². The van der Waals surface area contributed by atoms with Crippen molar-refractivity contribution in [1.29, 1.82) is 5.26 Å². The molecule has 51 heavy (non-hydrogen) atoms. The Balaban J connectivity index is 1.38. The lowest BCUT2D eigenvalue weighted by atomic mass is 9.92. The number of hydrogen-bond donors (Lipinski definition) is 1. The first-order chi connectivity index (χ1) is 24.5. The number of fused-ring (bicyclic) bond motifs is 1. The molecular formula is C40H42F3N5O3. The molecule has 1 N–H and O–H groups in total. The van der Waals surface area contributed by atoms with Crippen molar-refractivity contribution >= 4 is 16.8 Å². The van der Waals surface area contributed by atoms with E-state index in [4.69, 9.17) is 14.5 Å². The number of carbonyl (C=O) groups excluding carboxylic acids is 1. The molecule has 1 amide bonds. The molecule has 2 saturated heterocycles. The van der Waals surface area contributed by atoms with Crippen molar-refractivity contribution in [3.8, 4) is 23.1 Å². The van der Waals surface area contributed by atoms with Crippen LogP contribution in [0.15, 0.2) is 66.7 Å². The molecule has 0 atom stereocenters. The Morgan fingerprint density at radius 1 is 1.04 bits per heavy atom. The molecule has 3 aromatic carbocycles. The van der Waals surface area contributed by atoms with E-state index in [0.717, 1.165) is 82.8 Å². The van der Waals surface area contributed by atoms with Gasteiger partial charge < -0.3 is 14.8 Å². The van der Waals surface area contributed by atoms with Gasteiger partial charge in [-0.05, 0) is 76.4 Å². The average molecular weight is 698 g/mol. The lowest BCUT2D eigenvalue weighted by Gasteiger charge is -2.40. The molecule has 11 heteroatoms. The summed E-state index contributed by atoms with van der Waals surface area (Å²) in [6.07, 6.45) is -1.46. The van der Waals surface area contributed by atoms with Crippen molar-refractivity contribution in [2.24, 2.45) is 0 Å². The number of rotatable bonds is 9. The summed E-state index contributed by atoms with van der Waals surface area (Å²) < 4.78 is 53.7. The van der Waals surface area contributed by atoms with Gasteiger partial charge in [-0.15, -0.1) is 0 Å². The molecule has 8 nitrogen and oxygen atoms in total. The van der Waals surface area contributed by atoms with Crippen molar-refractivity contribution in [2.75, 3.05) is 39.4 Å². The fraction of sp³-hybridized carbons (Fsp3) is 0.425. The Labute approximate surface area is 296 Å². The molecule has 3 heterocycles. The van der Waals surface area contributed by atoms with E-state index < -0.39 is 17.3 Å². The summed E-state index contributed by atoms with van der Waals surface area (Å²) in [4.78, 5) is 24.5. The Morgan fingerprint density at radius 2 is 1.76 bits per heavy atom. The Hall–Kier alpha value is -4.50. The first-order valence-corrected chi connectivity index (χ1v) is 17.7. The van der Waals surface area contributed by atoms with Gasteiger partial charge in [0.25, 0.3) is 5.91 Å². The molecule has 0 spiro atoms. The molecule has 1 aliphatic carbocycles. The molecule has 4 aromatic rings. The Kier molecular flexibility index (Phi) is 9.76. The van der Waals surface area contributed by atoms with E-state index in [1.54, 1.807) is 18.2 Å². The number of piperidine rings is 1. The number of nitrogens with zero attached hydrogens (tertiary/aromatic N) is 4. The molecule has 1 aromatic heterocycles. The lowest BCUT2D eigenvalue weighted by Crippen LogP contribution is -2.48. The molecule has 0 radical (unpaired) electrons. The third-order valence-corrected chi connectivity index (χ3v) is 10.3. The molecule has 0 bridgehead atoms. The highest BCUT2D eigenvalue weighted by molar-refractivity contribution is 6.10. The van der Waals surface area contributed by atoms with Crippen LogP contribution in [0, 0.1) is 11.3 Å². The number of hydrogen-bond acceptors (Lipinski definition) is 7. The van der Waals surface area contributed by atoms with E-state index in [-0.39, 0.29) is 23.1 Å². The first kappa shape index (κ1) is 34.9. The third kappa shape index (κ3) is 7.45. The summed E-state index contributed by atoms with van der Waals surface area (Å²) in [6, 6.07) is 20.8. The molecule has 266 valence electrons. The molecule has 7 rings (SSSR count). The van der Waals surface area contributed by atoms with Crippen LogP contribution in [-0.4, -0.2) is 72.2 Å². The molecule has 2 aliphatic heterocycles. The average Bonchev–Trinajstić information content (AvgIpc) is 3.92. The molecule has 1 saturated carbocycles. The van der Waals surface area contributed by atoms with Gasteiger partial charge in [0.2, 0.25) is 0 Å². The second kappa shape index (κ2) is 14.3. The number of nitrogens with one attached hydrogen (secondary N) is 1. The number of amides is 1. The minimum Gasteiger partial charge on any atom is -0.490 e. The fourth-order valence-corrected chi connectivity index (χ4v) is 7.52. The highest BCUT2D eigenvalue weighted by Crippen LogP contribution is 2.46. The Bertz CT molecular complexity index is 1940. The van der Waals surface area contributed by atoms with Gasteiger partial charge in [-0.2, -0.15) is 18.4 Å². The quantitative estimate of drug-likeness (QED) is 0.196. The van der Waals surface area contributed by atoms with Gasteiger partial charge in [-0.1, -0.05) is 42.5 Å². The number of pyridine rings is 1. The SMILES string of the molecule is CC(C)Oc1cc2nc(-c3cccc(C(F)(F)F)c3)c(CN3CCC(N4CCOCC4)CC3)c(C(=O)NC3(c4ccccc4)CC3)c2cc1C#N. The van der Waals surface area contributed by atoms with E-state index in [2.05, 4.69) is 21.2 Å². The first-order valence-electron chi connectivity index (χ1n) is 17.7. The van der Waals surface area contributed by atoms with Crippen LogP contribution >= 0.6 is 0 Å². The number of likely N-dealkylation sites (tertiary alicyclic amines) is 1. The Morgan fingerprint density at radius 3 is 2.41 bits per heavy atom. The van der Waals surface area contributed by atoms with Crippen LogP contribution < -0.4 is 10.1 Å². The minimum atomic E-state index is -4.57. The predicted octanol–water partition coefficient (Wildman–Crippen LogP) is 7.30. The molecular weight excluding hydrogens is 655 g/mol. The number of alkyl halides is 3. The van der Waals surface area contributed by atoms with E-state index >= 15 is 0 Å². The second-order valence-corrected chi connectivity index (χ2v) is 14.1. The maximum atomic E-state index is 14.8. The third-order valence-electron chi connectivity index (χ3n) is 10.3. The summed E-state index contributed by atoms with van der Waals surface area (Å²) in [7, 11) is 0. The normalized spacial score (nSPS) is 18.5. The van der Waals surface area contributed by atoms with Crippen LogP contribution in [-0.2, 0) is 23.0 Å². The van der Waals surface area contributed by atoms with E-state index in [9.17, 15) is 23.2 Å². The van der Waals surface area contributed by atoms with Gasteiger partial charge in [-0.25, -0.2) is 4.98 Å². The largest absolute Gasteiger partial charge is 0.490 e. The summed E-state index contributed by atoms with van der Waals surface area (Å²) in [5, 5.41) is 14.0. The van der Waals surface area contributed by atoms with E-state index in [1.165, 1.54) is 6.07 Å². The maximum Gasteiger partial charge on any atom is 0.416 e. The number of aromatic nitrogens is 1. The van der Waals surface area contributed by atoms with Crippen molar-refractivity contribution in [2.45, 2.75) is 69.9 Å². The molecule has 3 aliphatic rings. The standard InChI is InChI=1S/C40H42F3N5O3/c1-26(2)51-35-23-34-32(22-28(35)24-44)36(38(49)46-39(13-14-39)29-8-4-3-5-9-29)33(37(45-34)27-7-6-10-30(21-27)40(41,42)43)25-47-15-11-31(12-16-47)48-17-19-50-20-18-48/h3-10,21-23,26,31H,11-20,25H2,1-2H3,(H,46,49). The zero-order valence-corrected chi connectivity index (χ0v) is 28.9. The van der Waals surface area contributed by atoms with Crippen molar-refractivity contribution < 1.29 is 27.4 Å². The fourth-order valence-electron chi connectivity index (χ4n) is 7.52. The highest BCUT2D eigenvalue weighted by Gasteiger charge is 2.46. The van der Waals surface area contributed by atoms with Crippen LogP contribution in [0.1, 0.15) is 72.1 Å². The molecule has 3 fully saturated rings. The van der Waals surface area contributed by atoms with Crippen LogP contribution in [0.25, 0.3) is 22.2 Å². The van der Waals surface area contributed by atoms with Gasteiger partial charge in [0, 0.05) is 48.3 Å². The minimum absolute atomic E-state index is 0.250. The van der Waals surface area contributed by atoms with Crippen molar-refractivity contribution in [3.05, 3.63) is 94.5 Å². The van der Waals surface area contributed by atoms with Gasteiger partial charge >= 0.3 is 6.18 Å². The number of ether oxygens (including phenoxy) is 2. The van der Waals surface area contributed by atoms with Crippen LogP contribution in [0.2, 0.25) is 0 Å². The zero-order valence-electron chi connectivity index (χ0n) is 28.9. The highest BCUT2D eigenvalue weighted by atomic mass is 19.4. The number of halogens is 3. The van der Waals surface area contributed by atoms with Gasteiger partial charge in [-0.3, -0.25) is 14.6 Å². The second-order valence-electron chi connectivity index (χ2n) is 14.1. The van der Waals surface area contributed by atoms with Crippen molar-refractivity contribution in [1.82, 2.24) is 20.1 Å². The number of carbonyl (C=O) groups is 1. The summed E-state index contributed by atoms with van der Waals surface area (Å²) >= 11 is 0. The van der Waals surface area contributed by atoms with E-state index in [1.807, 2.05) is 44.2 Å². The molecule has 0 unspecified atom stereocenters. The maximum absolute atomic E-state index is 14.8. The van der Waals surface area contributed by atoms with E-state index in [0.29, 0.717) is 46.1 Å². The van der Waals surface area contributed by atoms with Gasteiger partial charge in [0.05, 0.1) is 52.8 Å². The monoisotopic (exact) mass is 697 g/mol. The lowest BCUT2D eigenvalue weighted by molar-refractivity contribution is -0.137. The predicted molar refractivity (Wildman–Crippen MR) is 188 cm³/mol. The topological polar surface area (TPSA) is 90.7 Å². The number of morpholine rings is 1. The van der Waals surface area contributed by atoms with Crippen LogP contribution in [0.4, 0.5) is 13.2 Å². The zero-order chi connectivity index (χ0) is 35.8. The van der Waals surface area contributed by atoms with Gasteiger partial charge in [0.1, 0.15) is 11.8 Å². The summed E-state index contributed by atoms with van der Waals surface area (Å²) in [5.74, 6) is -0.0497. The smallest absolute Gasteiger partial charge is 0.416 e. The summed E-state index contributed by atoms with van der Waals surface area (Å²) in [5.41, 5.74) is 1.67. The van der Waals surface area contributed by atoms with Gasteiger partial charge in [0.15, 0.2) is 0 Å². The van der Waals surface area contributed by atoms with Crippen LogP contribution in [0.3, 0.4) is 0 Å². The van der Waals surface area contributed by atoms with Crippen LogP contribution in [0.5, 0.6) is 5.75 Å². The number of nitriles is 1. The number of benzene rings is 3. The summed E-state index contributed by atoms with van der Waals surface area (Å²) in [6.45, 7) is 8.74.